The first kappa shape index (κ1) is 23.5. The van der Waals surface area contributed by atoms with Crippen LogP contribution in [0.25, 0.3) is 10.8 Å². The highest BCUT2D eigenvalue weighted by molar-refractivity contribution is 5.99. The smallest absolute Gasteiger partial charge is 0.434 e. The van der Waals surface area contributed by atoms with Gasteiger partial charge in [0.15, 0.2) is 0 Å². The average Bonchev–Trinajstić information content (AvgIpc) is 2.80. The first-order valence-electron chi connectivity index (χ1n) is 11.5. The molecule has 3 aromatic rings. The molecule has 0 fully saturated rings. The Morgan fingerprint density at radius 1 is 0.844 bits per heavy atom. The fraction of sp³-hybridized carbons (Fsp3) is 0.370. The van der Waals surface area contributed by atoms with Crippen LogP contribution in [0.3, 0.4) is 0 Å². The highest BCUT2D eigenvalue weighted by atomic mass is 16.7. The molecule has 1 N–H and O–H groups in total. The molecule has 0 unspecified atom stereocenters. The van der Waals surface area contributed by atoms with Gasteiger partial charge in [-0.15, -0.1) is 0 Å². The molecule has 0 aliphatic carbocycles. The van der Waals surface area contributed by atoms with Crippen LogP contribution in [-0.2, 0) is 4.74 Å². The van der Waals surface area contributed by atoms with Crippen LogP contribution in [0, 0.1) is 0 Å². The SMILES string of the molecule is CCCCCCCCOC(=O)Oc1ccc(Nc2ccc(N(C)C)cc2)c2ccccc12. The molecule has 0 saturated carbocycles. The summed E-state index contributed by atoms with van der Waals surface area (Å²) < 4.78 is 10.8. The molecule has 5 heteroatoms. The van der Waals surface area contributed by atoms with Crippen molar-refractivity contribution in [2.45, 2.75) is 45.4 Å². The third-order valence-electron chi connectivity index (χ3n) is 5.46. The second kappa shape index (κ2) is 12.0. The van der Waals surface area contributed by atoms with Gasteiger partial charge in [-0.2, -0.15) is 0 Å². The number of nitrogens with one attached hydrogen (secondary N) is 1. The Morgan fingerprint density at radius 2 is 1.53 bits per heavy atom. The fourth-order valence-corrected chi connectivity index (χ4v) is 3.62. The molecule has 3 rings (SSSR count). The lowest BCUT2D eigenvalue weighted by Crippen LogP contribution is -2.11. The van der Waals surface area contributed by atoms with Crippen LogP contribution in [0.15, 0.2) is 60.7 Å². The number of hydrogen-bond donors (Lipinski definition) is 1. The van der Waals surface area contributed by atoms with Gasteiger partial charge in [0.05, 0.1) is 6.61 Å². The molecule has 0 spiro atoms. The van der Waals surface area contributed by atoms with E-state index < -0.39 is 6.16 Å². The molecule has 0 radical (unpaired) electrons. The van der Waals surface area contributed by atoms with Crippen molar-refractivity contribution in [3.05, 3.63) is 60.7 Å². The molecule has 0 aromatic heterocycles. The summed E-state index contributed by atoms with van der Waals surface area (Å²) >= 11 is 0. The maximum atomic E-state index is 12.2. The molecule has 0 amide bonds. The predicted molar refractivity (Wildman–Crippen MR) is 133 cm³/mol. The number of benzene rings is 3. The monoisotopic (exact) mass is 434 g/mol. The minimum atomic E-state index is -0.649. The van der Waals surface area contributed by atoms with Crippen molar-refractivity contribution < 1.29 is 14.3 Å². The van der Waals surface area contributed by atoms with Crippen molar-refractivity contribution >= 4 is 34.0 Å². The maximum Gasteiger partial charge on any atom is 0.513 e. The number of anilines is 3. The van der Waals surface area contributed by atoms with Gasteiger partial charge < -0.3 is 19.7 Å². The van der Waals surface area contributed by atoms with Crippen LogP contribution in [-0.4, -0.2) is 26.9 Å². The standard InChI is InChI=1S/C27H34N2O3/c1-4-5-6-7-8-11-20-31-27(30)32-26-19-18-25(23-12-9-10-13-24(23)26)28-21-14-16-22(17-15-21)29(2)3/h9-10,12-19,28H,4-8,11,20H2,1-3H3. The van der Waals surface area contributed by atoms with Gasteiger partial charge in [-0.05, 0) is 42.8 Å². The molecule has 0 aliphatic heterocycles. The molecule has 32 heavy (non-hydrogen) atoms. The van der Waals surface area contributed by atoms with Crippen LogP contribution in [0.2, 0.25) is 0 Å². The third-order valence-corrected chi connectivity index (χ3v) is 5.46. The topological polar surface area (TPSA) is 50.8 Å². The summed E-state index contributed by atoms with van der Waals surface area (Å²) in [5.74, 6) is 0.502. The Bertz CT molecular complexity index is 999. The summed E-state index contributed by atoms with van der Waals surface area (Å²) in [6.45, 7) is 2.60. The summed E-state index contributed by atoms with van der Waals surface area (Å²) in [5.41, 5.74) is 3.09. The van der Waals surface area contributed by atoms with Crippen molar-refractivity contribution in [2.75, 3.05) is 30.9 Å². The predicted octanol–water partition coefficient (Wildman–Crippen LogP) is 7.53. The summed E-state index contributed by atoms with van der Waals surface area (Å²) in [5, 5.41) is 5.30. The molecule has 0 bridgehead atoms. The second-order valence-electron chi connectivity index (χ2n) is 8.19. The Morgan fingerprint density at radius 3 is 2.25 bits per heavy atom. The van der Waals surface area contributed by atoms with E-state index in [1.807, 2.05) is 62.6 Å². The molecule has 0 heterocycles. The van der Waals surface area contributed by atoms with Gasteiger partial charge in [-0.1, -0.05) is 63.3 Å². The zero-order chi connectivity index (χ0) is 22.8. The van der Waals surface area contributed by atoms with Crippen molar-refractivity contribution in [3.8, 4) is 5.75 Å². The lowest BCUT2D eigenvalue weighted by atomic mass is 10.1. The van der Waals surface area contributed by atoms with E-state index in [1.54, 1.807) is 0 Å². The van der Waals surface area contributed by atoms with Gasteiger partial charge in [-0.3, -0.25) is 0 Å². The molecular formula is C27H34N2O3. The minimum Gasteiger partial charge on any atom is -0.434 e. The van der Waals surface area contributed by atoms with Crippen LogP contribution in [0.5, 0.6) is 5.75 Å². The third kappa shape index (κ3) is 6.64. The van der Waals surface area contributed by atoms with E-state index in [-0.39, 0.29) is 0 Å². The zero-order valence-corrected chi connectivity index (χ0v) is 19.4. The number of hydrogen-bond acceptors (Lipinski definition) is 5. The first-order valence-corrected chi connectivity index (χ1v) is 11.5. The number of ether oxygens (including phenoxy) is 2. The average molecular weight is 435 g/mol. The van der Waals surface area contributed by atoms with Gasteiger partial charge in [0.2, 0.25) is 0 Å². The highest BCUT2D eigenvalue weighted by Gasteiger charge is 2.12. The Hall–Kier alpha value is -3.21. The van der Waals surface area contributed by atoms with E-state index in [1.165, 1.54) is 25.7 Å². The molecule has 0 aliphatic rings. The molecule has 170 valence electrons. The quantitative estimate of drug-likeness (QED) is 0.192. The van der Waals surface area contributed by atoms with Crippen LogP contribution in [0.1, 0.15) is 45.4 Å². The van der Waals surface area contributed by atoms with Crippen LogP contribution < -0.4 is 15.0 Å². The van der Waals surface area contributed by atoms with E-state index in [0.29, 0.717) is 12.4 Å². The van der Waals surface area contributed by atoms with Gasteiger partial charge in [-0.25, -0.2) is 4.79 Å². The zero-order valence-electron chi connectivity index (χ0n) is 19.4. The maximum absolute atomic E-state index is 12.2. The van der Waals surface area contributed by atoms with Gasteiger partial charge in [0.1, 0.15) is 5.75 Å². The second-order valence-corrected chi connectivity index (χ2v) is 8.19. The number of fused-ring (bicyclic) bond motifs is 1. The molecule has 3 aromatic carbocycles. The summed E-state index contributed by atoms with van der Waals surface area (Å²) in [7, 11) is 4.04. The Labute approximate surface area is 191 Å². The number of rotatable bonds is 11. The minimum absolute atomic E-state index is 0.394. The molecule has 0 atom stereocenters. The number of carbonyl (C=O) groups is 1. The van der Waals surface area contributed by atoms with Crippen LogP contribution >= 0.6 is 0 Å². The number of carbonyl (C=O) groups excluding carboxylic acids is 1. The lowest BCUT2D eigenvalue weighted by Gasteiger charge is -2.15. The Kier molecular flexibility index (Phi) is 8.79. The molecule has 0 saturated heterocycles. The normalized spacial score (nSPS) is 10.7. The van der Waals surface area contributed by atoms with E-state index in [2.05, 4.69) is 29.3 Å². The number of unbranched alkanes of at least 4 members (excludes halogenated alkanes) is 5. The Balaban J connectivity index is 1.62. The van der Waals surface area contributed by atoms with Crippen LogP contribution in [0.4, 0.5) is 21.9 Å². The highest BCUT2D eigenvalue weighted by Crippen LogP contribution is 2.33. The summed E-state index contributed by atoms with van der Waals surface area (Å²) in [4.78, 5) is 14.3. The first-order chi connectivity index (χ1) is 15.6. The van der Waals surface area contributed by atoms with E-state index in [9.17, 15) is 4.79 Å². The van der Waals surface area contributed by atoms with Gasteiger partial charge >= 0.3 is 6.16 Å². The summed E-state index contributed by atoms with van der Waals surface area (Å²) in [6, 6.07) is 19.9. The molecule has 5 nitrogen and oxygen atoms in total. The number of nitrogens with zero attached hydrogens (tertiary/aromatic N) is 1. The van der Waals surface area contributed by atoms with E-state index in [0.717, 1.165) is 40.7 Å². The van der Waals surface area contributed by atoms with Crippen molar-refractivity contribution in [2.24, 2.45) is 0 Å². The van der Waals surface area contributed by atoms with E-state index in [4.69, 9.17) is 9.47 Å². The van der Waals surface area contributed by atoms with Gasteiger partial charge in [0.25, 0.3) is 0 Å². The largest absolute Gasteiger partial charge is 0.513 e. The van der Waals surface area contributed by atoms with Crippen molar-refractivity contribution in [3.63, 3.8) is 0 Å². The van der Waals surface area contributed by atoms with E-state index >= 15 is 0 Å². The summed E-state index contributed by atoms with van der Waals surface area (Å²) in [6.07, 6.45) is 6.22. The fourth-order valence-electron chi connectivity index (χ4n) is 3.62. The van der Waals surface area contributed by atoms with Gasteiger partial charge in [0, 0.05) is 41.9 Å². The van der Waals surface area contributed by atoms with Crippen molar-refractivity contribution in [1.82, 2.24) is 0 Å². The molecular weight excluding hydrogens is 400 g/mol. The van der Waals surface area contributed by atoms with Crippen molar-refractivity contribution in [1.29, 1.82) is 0 Å². The lowest BCUT2D eigenvalue weighted by molar-refractivity contribution is 0.0978.